The van der Waals surface area contributed by atoms with Crippen LogP contribution in [0.4, 0.5) is 4.79 Å². The number of halogens is 2. The van der Waals surface area contributed by atoms with Crippen molar-refractivity contribution in [3.8, 4) is 23.0 Å². The van der Waals surface area contributed by atoms with Crippen LogP contribution in [0.25, 0.3) is 0 Å². The molecular formula is C33H36BrIN4O8. The van der Waals surface area contributed by atoms with Gasteiger partial charge in [0.2, 0.25) is 0 Å². The third-order valence-corrected chi connectivity index (χ3v) is 8.05. The largest absolute Gasteiger partial charge is 0.490 e. The van der Waals surface area contributed by atoms with Gasteiger partial charge in [0.1, 0.15) is 13.2 Å². The van der Waals surface area contributed by atoms with E-state index in [9.17, 15) is 14.7 Å². The quantitative estimate of drug-likeness (QED) is 0.0509. The van der Waals surface area contributed by atoms with Gasteiger partial charge in [-0.05, 0) is 112 Å². The van der Waals surface area contributed by atoms with Crippen LogP contribution in [-0.2, 0) is 16.1 Å². The second-order valence-electron chi connectivity index (χ2n) is 10.1. The summed E-state index contributed by atoms with van der Waals surface area (Å²) in [6.45, 7) is 6.33. The summed E-state index contributed by atoms with van der Waals surface area (Å²) >= 11 is 5.84. The first-order chi connectivity index (χ1) is 22.6. The molecule has 1 aliphatic rings. The van der Waals surface area contributed by atoms with E-state index in [-0.39, 0.29) is 12.2 Å². The van der Waals surface area contributed by atoms with Crippen molar-refractivity contribution in [2.45, 2.75) is 39.6 Å². The van der Waals surface area contributed by atoms with E-state index in [2.05, 4.69) is 59.7 Å². The molecule has 0 unspecified atom stereocenters. The molecular weight excluding hydrogens is 787 g/mol. The molecule has 0 aliphatic carbocycles. The van der Waals surface area contributed by atoms with E-state index >= 15 is 0 Å². The second-order valence-corrected chi connectivity index (χ2v) is 12.2. The Morgan fingerprint density at radius 2 is 1.77 bits per heavy atom. The molecule has 2 amide bonds. The maximum Gasteiger partial charge on any atom is 0.337 e. The second kappa shape index (κ2) is 17.2. The molecule has 3 aromatic carbocycles. The van der Waals surface area contributed by atoms with Gasteiger partial charge in [-0.1, -0.05) is 18.2 Å². The first-order valence-corrected chi connectivity index (χ1v) is 16.6. The van der Waals surface area contributed by atoms with Crippen molar-refractivity contribution in [1.82, 2.24) is 16.1 Å². The summed E-state index contributed by atoms with van der Waals surface area (Å²) in [4.78, 5) is 24.7. The molecule has 0 saturated carbocycles. The molecule has 1 heterocycles. The van der Waals surface area contributed by atoms with Crippen LogP contribution in [0.15, 0.2) is 75.4 Å². The zero-order valence-corrected chi connectivity index (χ0v) is 30.0. The SMILES string of the molecule is CCOc1cc([C@H]2NC(=O)NC(C)=C2C(=O)OC)ccc1OC[C@H](O)N/N=C\c1cc(Br)c(OCc2ccc(I)cc2)c(OCC)c1. The molecule has 0 aromatic heterocycles. The van der Waals surface area contributed by atoms with E-state index in [1.54, 1.807) is 37.4 Å². The standard InChI is InChI=1S/C33H36BrIN4O8/c1-5-44-26-15-22(30-29(32(41)43-4)19(3)37-33(42)38-30)9-12-25(26)46-18-28(40)39-36-16-21-13-24(34)31(27(14-21)45-6-2)47-17-20-7-10-23(35)11-8-20/h7-16,28,30,39-40H,5-6,17-18H2,1-4H3,(H2,37,38,42)/b36-16-/t28-,30+/m0/s1. The van der Waals surface area contributed by atoms with Crippen molar-refractivity contribution in [3.05, 3.63) is 90.6 Å². The van der Waals surface area contributed by atoms with Crippen LogP contribution in [0.2, 0.25) is 0 Å². The highest BCUT2D eigenvalue weighted by atomic mass is 127. The zero-order chi connectivity index (χ0) is 33.9. The van der Waals surface area contributed by atoms with Gasteiger partial charge < -0.3 is 39.4 Å². The summed E-state index contributed by atoms with van der Waals surface area (Å²) in [5.74, 6) is 1.28. The summed E-state index contributed by atoms with van der Waals surface area (Å²) in [5, 5.41) is 20.0. The van der Waals surface area contributed by atoms with Crippen LogP contribution in [0.3, 0.4) is 0 Å². The number of allylic oxidation sites excluding steroid dienone is 1. The molecule has 2 atom stereocenters. The molecule has 47 heavy (non-hydrogen) atoms. The smallest absolute Gasteiger partial charge is 0.337 e. The molecule has 12 nitrogen and oxygen atoms in total. The van der Waals surface area contributed by atoms with Crippen molar-refractivity contribution >= 4 is 56.7 Å². The number of ether oxygens (including phenoxy) is 5. The highest BCUT2D eigenvalue weighted by Crippen LogP contribution is 2.37. The molecule has 0 saturated heterocycles. The predicted octanol–water partition coefficient (Wildman–Crippen LogP) is 5.55. The average Bonchev–Trinajstić information content (AvgIpc) is 3.04. The molecule has 4 rings (SSSR count). The van der Waals surface area contributed by atoms with Gasteiger partial charge in [-0.25, -0.2) is 9.59 Å². The lowest BCUT2D eigenvalue weighted by Crippen LogP contribution is -2.45. The van der Waals surface area contributed by atoms with Gasteiger partial charge in [0, 0.05) is 9.27 Å². The van der Waals surface area contributed by atoms with Crippen LogP contribution in [0, 0.1) is 3.57 Å². The Hall–Kier alpha value is -4.02. The van der Waals surface area contributed by atoms with Crippen molar-refractivity contribution in [1.29, 1.82) is 0 Å². The summed E-state index contributed by atoms with van der Waals surface area (Å²) < 4.78 is 30.3. The number of hydrogen-bond donors (Lipinski definition) is 4. The lowest BCUT2D eigenvalue weighted by molar-refractivity contribution is -0.136. The summed E-state index contributed by atoms with van der Waals surface area (Å²) in [6.07, 6.45) is 0.383. The maximum absolute atomic E-state index is 12.5. The molecule has 0 bridgehead atoms. The summed E-state index contributed by atoms with van der Waals surface area (Å²) in [5.41, 5.74) is 5.63. The van der Waals surface area contributed by atoms with Crippen LogP contribution in [0.5, 0.6) is 23.0 Å². The Morgan fingerprint density at radius 3 is 2.47 bits per heavy atom. The fraction of sp³-hybridized carbons (Fsp3) is 0.303. The minimum atomic E-state index is -1.16. The van der Waals surface area contributed by atoms with E-state index in [4.69, 9.17) is 23.7 Å². The summed E-state index contributed by atoms with van der Waals surface area (Å²) in [6, 6.07) is 15.5. The first kappa shape index (κ1) is 35.8. The lowest BCUT2D eigenvalue weighted by Gasteiger charge is -2.28. The number of nitrogens with one attached hydrogen (secondary N) is 3. The molecule has 1 aliphatic heterocycles. The monoisotopic (exact) mass is 822 g/mol. The van der Waals surface area contributed by atoms with E-state index in [0.29, 0.717) is 64.1 Å². The van der Waals surface area contributed by atoms with Gasteiger partial charge in [-0.2, -0.15) is 5.10 Å². The summed E-state index contributed by atoms with van der Waals surface area (Å²) in [7, 11) is 1.28. The number of hydrogen-bond acceptors (Lipinski definition) is 10. The molecule has 0 radical (unpaired) electrons. The average molecular weight is 823 g/mol. The molecule has 250 valence electrons. The van der Waals surface area contributed by atoms with Gasteiger partial charge in [-0.15, -0.1) is 0 Å². The number of methoxy groups -OCH3 is 1. The number of benzene rings is 3. The van der Waals surface area contributed by atoms with E-state index in [1.165, 1.54) is 7.11 Å². The Labute approximate surface area is 295 Å². The van der Waals surface area contributed by atoms with Crippen molar-refractivity contribution in [3.63, 3.8) is 0 Å². The lowest BCUT2D eigenvalue weighted by atomic mass is 9.95. The topological polar surface area (TPSA) is 149 Å². The van der Waals surface area contributed by atoms with Gasteiger partial charge in [0.25, 0.3) is 0 Å². The molecule has 4 N–H and O–H groups in total. The third kappa shape index (κ3) is 9.74. The van der Waals surface area contributed by atoms with Crippen LogP contribution >= 0.6 is 38.5 Å². The van der Waals surface area contributed by atoms with E-state index < -0.39 is 24.3 Å². The minimum Gasteiger partial charge on any atom is -0.490 e. The van der Waals surface area contributed by atoms with Gasteiger partial charge in [0.15, 0.2) is 29.2 Å². The molecule has 0 spiro atoms. The number of aliphatic hydroxyl groups is 1. The van der Waals surface area contributed by atoms with Crippen LogP contribution < -0.4 is 35.0 Å². The van der Waals surface area contributed by atoms with Crippen LogP contribution in [-0.4, -0.2) is 56.5 Å². The Morgan fingerprint density at radius 1 is 1.04 bits per heavy atom. The number of rotatable bonds is 15. The van der Waals surface area contributed by atoms with E-state index in [1.807, 2.05) is 44.2 Å². The number of amides is 2. The normalized spacial score (nSPS) is 15.0. The number of aliphatic hydroxyl groups excluding tert-OH is 1. The minimum absolute atomic E-state index is 0.160. The number of carbonyl (C=O) groups excluding carboxylic acids is 2. The number of hydrazone groups is 1. The number of nitrogens with zero attached hydrogens (tertiary/aromatic N) is 1. The Balaban J connectivity index is 1.40. The number of esters is 1. The zero-order valence-electron chi connectivity index (χ0n) is 26.3. The fourth-order valence-corrected chi connectivity index (χ4v) is 5.56. The molecule has 0 fully saturated rings. The predicted molar refractivity (Wildman–Crippen MR) is 188 cm³/mol. The van der Waals surface area contributed by atoms with Crippen molar-refractivity contribution < 1.29 is 38.4 Å². The van der Waals surface area contributed by atoms with Crippen molar-refractivity contribution in [2.24, 2.45) is 5.10 Å². The highest BCUT2D eigenvalue weighted by Gasteiger charge is 2.32. The highest BCUT2D eigenvalue weighted by molar-refractivity contribution is 14.1. The fourth-order valence-electron chi connectivity index (χ4n) is 4.62. The number of urea groups is 1. The van der Waals surface area contributed by atoms with Gasteiger partial charge >= 0.3 is 12.0 Å². The van der Waals surface area contributed by atoms with Gasteiger partial charge in [-0.3, -0.25) is 5.43 Å². The molecule has 14 heteroatoms. The Bertz CT molecular complexity index is 1630. The first-order valence-electron chi connectivity index (χ1n) is 14.7. The number of carbonyl (C=O) groups is 2. The van der Waals surface area contributed by atoms with Crippen LogP contribution in [0.1, 0.15) is 43.5 Å². The third-order valence-electron chi connectivity index (χ3n) is 6.74. The van der Waals surface area contributed by atoms with Crippen molar-refractivity contribution in [2.75, 3.05) is 26.9 Å². The molecule has 3 aromatic rings. The van der Waals surface area contributed by atoms with Gasteiger partial charge in [0.05, 0.1) is 42.6 Å². The Kier molecular flexibility index (Phi) is 13.1. The maximum atomic E-state index is 12.5. The van der Waals surface area contributed by atoms with E-state index in [0.717, 1.165) is 9.13 Å².